The van der Waals surface area contributed by atoms with Gasteiger partial charge in [0.1, 0.15) is 12.2 Å². The first-order valence-corrected chi connectivity index (χ1v) is 5.61. The van der Waals surface area contributed by atoms with Crippen LogP contribution in [-0.2, 0) is 6.42 Å². The van der Waals surface area contributed by atoms with Gasteiger partial charge in [-0.05, 0) is 6.07 Å². The molecule has 1 heterocycles. The van der Waals surface area contributed by atoms with Crippen molar-refractivity contribution in [2.75, 3.05) is 19.0 Å². The molecule has 0 saturated heterocycles. The van der Waals surface area contributed by atoms with Crippen LogP contribution in [-0.4, -0.2) is 33.8 Å². The molecule has 0 fully saturated rings. The molecule has 19 heavy (non-hydrogen) atoms. The molecule has 2 aromatic rings. The number of methoxy groups -OCH3 is 1. The Labute approximate surface area is 109 Å². The van der Waals surface area contributed by atoms with Gasteiger partial charge >= 0.3 is 5.69 Å². The number of nitro benzene ring substituents is 1. The molecule has 0 radical (unpaired) electrons. The standard InChI is InChI=1S/C11H13N5O3/c1-19-10-6-8(2-3-9(10)16(17)18)12-5-4-11-13-7-14-15-11/h2-3,6-7,12H,4-5H2,1H3,(H,13,14,15). The number of aromatic nitrogens is 3. The molecule has 0 aliphatic heterocycles. The quantitative estimate of drug-likeness (QED) is 0.602. The number of hydrogen-bond donors (Lipinski definition) is 2. The average molecular weight is 263 g/mol. The zero-order valence-electron chi connectivity index (χ0n) is 10.3. The van der Waals surface area contributed by atoms with Crippen molar-refractivity contribution in [2.24, 2.45) is 0 Å². The smallest absolute Gasteiger partial charge is 0.311 e. The Morgan fingerprint density at radius 2 is 2.37 bits per heavy atom. The minimum absolute atomic E-state index is 0.0525. The summed E-state index contributed by atoms with van der Waals surface area (Å²) in [5, 5.41) is 20.4. The molecule has 8 nitrogen and oxygen atoms in total. The fourth-order valence-corrected chi connectivity index (χ4v) is 1.61. The lowest BCUT2D eigenvalue weighted by Crippen LogP contribution is -2.06. The van der Waals surface area contributed by atoms with Crippen LogP contribution in [0.2, 0.25) is 0 Å². The van der Waals surface area contributed by atoms with Gasteiger partial charge in [-0.1, -0.05) is 0 Å². The van der Waals surface area contributed by atoms with Gasteiger partial charge in [-0.25, -0.2) is 4.98 Å². The van der Waals surface area contributed by atoms with Gasteiger partial charge in [0, 0.05) is 30.8 Å². The SMILES string of the molecule is COc1cc(NCCc2ncn[nH]2)ccc1[N+](=O)[O-]. The van der Waals surface area contributed by atoms with Crippen molar-refractivity contribution in [3.05, 3.63) is 40.5 Å². The fourth-order valence-electron chi connectivity index (χ4n) is 1.61. The average Bonchev–Trinajstić information content (AvgIpc) is 2.91. The number of ether oxygens (including phenoxy) is 1. The zero-order valence-corrected chi connectivity index (χ0v) is 10.3. The van der Waals surface area contributed by atoms with Crippen molar-refractivity contribution in [3.63, 3.8) is 0 Å². The van der Waals surface area contributed by atoms with E-state index in [1.54, 1.807) is 12.1 Å². The number of aromatic amines is 1. The number of benzene rings is 1. The molecule has 0 unspecified atom stereocenters. The molecule has 0 spiro atoms. The second-order valence-electron chi connectivity index (χ2n) is 3.75. The number of H-pyrrole nitrogens is 1. The minimum atomic E-state index is -0.475. The van der Waals surface area contributed by atoms with Crippen molar-refractivity contribution in [1.29, 1.82) is 0 Å². The first-order valence-electron chi connectivity index (χ1n) is 5.61. The lowest BCUT2D eigenvalue weighted by molar-refractivity contribution is -0.385. The summed E-state index contributed by atoms with van der Waals surface area (Å²) in [5.74, 6) is 1.01. The second-order valence-corrected chi connectivity index (χ2v) is 3.75. The number of rotatable bonds is 6. The van der Waals surface area contributed by atoms with Gasteiger partial charge in [0.2, 0.25) is 0 Å². The molecule has 0 aliphatic rings. The predicted octanol–water partition coefficient (Wildman–Crippen LogP) is 1.38. The molecule has 0 amide bonds. The first-order chi connectivity index (χ1) is 9.20. The topological polar surface area (TPSA) is 106 Å². The molecule has 8 heteroatoms. The van der Waals surface area contributed by atoms with Crippen LogP contribution in [0.5, 0.6) is 5.75 Å². The summed E-state index contributed by atoms with van der Waals surface area (Å²) in [4.78, 5) is 14.3. The Bertz CT molecular complexity index is 555. The molecule has 0 aliphatic carbocycles. The van der Waals surface area contributed by atoms with E-state index in [0.29, 0.717) is 13.0 Å². The third kappa shape index (κ3) is 3.18. The second kappa shape index (κ2) is 5.80. The van der Waals surface area contributed by atoms with Crippen molar-refractivity contribution in [2.45, 2.75) is 6.42 Å². The Kier molecular flexibility index (Phi) is 3.91. The summed E-state index contributed by atoms with van der Waals surface area (Å²) >= 11 is 0. The van der Waals surface area contributed by atoms with Crippen molar-refractivity contribution in [3.8, 4) is 5.75 Å². The summed E-state index contributed by atoms with van der Waals surface area (Å²) in [6, 6.07) is 4.65. The number of hydrogen-bond acceptors (Lipinski definition) is 6. The van der Waals surface area contributed by atoms with E-state index >= 15 is 0 Å². The summed E-state index contributed by atoms with van der Waals surface area (Å²) < 4.78 is 4.99. The molecular weight excluding hydrogens is 250 g/mol. The number of nitrogens with one attached hydrogen (secondary N) is 2. The molecule has 1 aromatic carbocycles. The molecule has 0 atom stereocenters. The Balaban J connectivity index is 1.99. The predicted molar refractivity (Wildman–Crippen MR) is 68.2 cm³/mol. The van der Waals surface area contributed by atoms with E-state index in [2.05, 4.69) is 20.5 Å². The van der Waals surface area contributed by atoms with E-state index in [4.69, 9.17) is 4.74 Å². The number of nitro groups is 1. The monoisotopic (exact) mass is 263 g/mol. The van der Waals surface area contributed by atoms with E-state index in [9.17, 15) is 10.1 Å². The molecule has 0 bridgehead atoms. The third-order valence-electron chi connectivity index (χ3n) is 2.53. The third-order valence-corrected chi connectivity index (χ3v) is 2.53. The van der Waals surface area contributed by atoms with Gasteiger partial charge < -0.3 is 10.1 Å². The number of nitrogens with zero attached hydrogens (tertiary/aromatic N) is 3. The van der Waals surface area contributed by atoms with Crippen molar-refractivity contribution in [1.82, 2.24) is 15.2 Å². The lowest BCUT2D eigenvalue weighted by Gasteiger charge is -2.07. The highest BCUT2D eigenvalue weighted by Gasteiger charge is 2.14. The summed E-state index contributed by atoms with van der Waals surface area (Å²) in [6.07, 6.45) is 2.13. The van der Waals surface area contributed by atoms with Crippen LogP contribution < -0.4 is 10.1 Å². The van der Waals surface area contributed by atoms with E-state index < -0.39 is 4.92 Å². The van der Waals surface area contributed by atoms with E-state index in [1.807, 2.05) is 0 Å². The van der Waals surface area contributed by atoms with Crippen LogP contribution in [0.3, 0.4) is 0 Å². The Morgan fingerprint density at radius 1 is 1.53 bits per heavy atom. The molecule has 2 N–H and O–H groups in total. The van der Waals surface area contributed by atoms with Crippen LogP contribution in [0, 0.1) is 10.1 Å². The van der Waals surface area contributed by atoms with Gasteiger partial charge in [-0.3, -0.25) is 15.2 Å². The fraction of sp³-hybridized carbons (Fsp3) is 0.273. The maximum Gasteiger partial charge on any atom is 0.311 e. The highest BCUT2D eigenvalue weighted by molar-refractivity contribution is 5.57. The highest BCUT2D eigenvalue weighted by Crippen LogP contribution is 2.29. The van der Waals surface area contributed by atoms with Crippen LogP contribution >= 0.6 is 0 Å². The van der Waals surface area contributed by atoms with Crippen molar-refractivity contribution >= 4 is 11.4 Å². The minimum Gasteiger partial charge on any atom is -0.490 e. The van der Waals surface area contributed by atoms with E-state index in [-0.39, 0.29) is 11.4 Å². The van der Waals surface area contributed by atoms with E-state index in [1.165, 1.54) is 19.5 Å². The molecular formula is C11H13N5O3. The summed E-state index contributed by atoms with van der Waals surface area (Å²) in [6.45, 7) is 0.635. The molecule has 2 rings (SSSR count). The van der Waals surface area contributed by atoms with Crippen LogP contribution in [0.4, 0.5) is 11.4 Å². The van der Waals surface area contributed by atoms with Gasteiger partial charge in [-0.2, -0.15) is 5.10 Å². The van der Waals surface area contributed by atoms with Crippen LogP contribution in [0.1, 0.15) is 5.82 Å². The summed E-state index contributed by atoms with van der Waals surface area (Å²) in [7, 11) is 1.40. The largest absolute Gasteiger partial charge is 0.490 e. The number of anilines is 1. The van der Waals surface area contributed by atoms with Crippen LogP contribution in [0.25, 0.3) is 0 Å². The molecule has 100 valence electrons. The zero-order chi connectivity index (χ0) is 13.7. The van der Waals surface area contributed by atoms with Gasteiger partial charge in [0.15, 0.2) is 5.75 Å². The Morgan fingerprint density at radius 3 is 3.00 bits per heavy atom. The maximum absolute atomic E-state index is 10.7. The molecule has 1 aromatic heterocycles. The molecule has 0 saturated carbocycles. The maximum atomic E-state index is 10.7. The normalized spacial score (nSPS) is 10.2. The van der Waals surface area contributed by atoms with Gasteiger partial charge in [0.25, 0.3) is 0 Å². The Hall–Kier alpha value is -2.64. The first kappa shape index (κ1) is 12.8. The highest BCUT2D eigenvalue weighted by atomic mass is 16.6. The van der Waals surface area contributed by atoms with Crippen LogP contribution in [0.15, 0.2) is 24.5 Å². The van der Waals surface area contributed by atoms with Gasteiger partial charge in [0.05, 0.1) is 12.0 Å². The van der Waals surface area contributed by atoms with E-state index in [0.717, 1.165) is 11.5 Å². The summed E-state index contributed by atoms with van der Waals surface area (Å²) in [5.41, 5.74) is 0.699. The van der Waals surface area contributed by atoms with Crippen molar-refractivity contribution < 1.29 is 9.66 Å². The van der Waals surface area contributed by atoms with Gasteiger partial charge in [-0.15, -0.1) is 0 Å². The lowest BCUT2D eigenvalue weighted by atomic mass is 10.2.